The van der Waals surface area contributed by atoms with Crippen molar-refractivity contribution in [2.75, 3.05) is 18.4 Å². The van der Waals surface area contributed by atoms with Crippen LogP contribution < -0.4 is 10.6 Å². The van der Waals surface area contributed by atoms with Crippen molar-refractivity contribution in [1.29, 1.82) is 0 Å². The number of amides is 2. The number of unbranched alkanes of at least 4 members (excludes halogenated alkanes) is 3. The Balaban J connectivity index is 1.41. The number of benzene rings is 4. The molecule has 4 nitrogen and oxygen atoms in total. The summed E-state index contributed by atoms with van der Waals surface area (Å²) in [5.74, 6) is 0.427. The molecule has 1 aliphatic rings. The SMILES string of the molecule is CCCCCc1ccc(CC(C2CCNCC2)N(Cc2ccc(-c3ccccc3)cc2)C(=O)Nc2ccc(CCCC)cc2)cc1. The first-order chi connectivity index (χ1) is 22.6. The monoisotopic (exact) mass is 615 g/mol. The number of hydrogen-bond donors (Lipinski definition) is 2. The summed E-state index contributed by atoms with van der Waals surface area (Å²) in [6.07, 6.45) is 11.3. The maximum absolute atomic E-state index is 14.3. The molecule has 2 N–H and O–H groups in total. The Hall–Kier alpha value is -3.89. The van der Waals surface area contributed by atoms with Gasteiger partial charge >= 0.3 is 6.03 Å². The molecule has 0 spiro atoms. The van der Waals surface area contributed by atoms with Crippen molar-refractivity contribution in [2.45, 2.75) is 90.6 Å². The van der Waals surface area contributed by atoms with Gasteiger partial charge in [0.05, 0.1) is 0 Å². The minimum Gasteiger partial charge on any atom is -0.317 e. The van der Waals surface area contributed by atoms with Crippen LogP contribution in [0.15, 0.2) is 103 Å². The van der Waals surface area contributed by atoms with Gasteiger partial charge in [-0.2, -0.15) is 0 Å². The summed E-state index contributed by atoms with van der Waals surface area (Å²) < 4.78 is 0. The van der Waals surface area contributed by atoms with Crippen LogP contribution in [0.4, 0.5) is 10.5 Å². The van der Waals surface area contributed by atoms with E-state index in [2.05, 4.69) is 126 Å². The van der Waals surface area contributed by atoms with Gasteiger partial charge in [-0.1, -0.05) is 124 Å². The Kier molecular flexibility index (Phi) is 12.9. The van der Waals surface area contributed by atoms with E-state index in [-0.39, 0.29) is 12.1 Å². The summed E-state index contributed by atoms with van der Waals surface area (Å²) in [7, 11) is 0. The first-order valence-electron chi connectivity index (χ1n) is 17.7. The number of carbonyl (C=O) groups is 1. The molecule has 4 aromatic carbocycles. The number of rotatable bonds is 15. The average Bonchev–Trinajstić information content (AvgIpc) is 3.11. The van der Waals surface area contributed by atoms with Crippen LogP contribution in [0.5, 0.6) is 0 Å². The highest BCUT2D eigenvalue weighted by molar-refractivity contribution is 5.89. The van der Waals surface area contributed by atoms with E-state index in [0.717, 1.165) is 56.4 Å². The van der Waals surface area contributed by atoms with E-state index in [1.165, 1.54) is 59.9 Å². The number of nitrogens with one attached hydrogen (secondary N) is 2. The van der Waals surface area contributed by atoms with E-state index in [1.54, 1.807) is 0 Å². The normalized spacial score (nSPS) is 14.1. The number of carbonyl (C=O) groups excluding carboxylic acids is 1. The summed E-state index contributed by atoms with van der Waals surface area (Å²) in [5.41, 5.74) is 8.44. The van der Waals surface area contributed by atoms with Crippen molar-refractivity contribution >= 4 is 11.7 Å². The second-order valence-electron chi connectivity index (χ2n) is 13.1. The molecule has 4 heteroatoms. The third-order valence-corrected chi connectivity index (χ3v) is 9.56. The third-order valence-electron chi connectivity index (χ3n) is 9.56. The van der Waals surface area contributed by atoms with Crippen molar-refractivity contribution in [2.24, 2.45) is 5.92 Å². The van der Waals surface area contributed by atoms with E-state index >= 15 is 0 Å². The van der Waals surface area contributed by atoms with E-state index in [0.29, 0.717) is 12.5 Å². The molecule has 1 atom stereocenters. The summed E-state index contributed by atoms with van der Waals surface area (Å²) in [6, 6.07) is 37.0. The van der Waals surface area contributed by atoms with Gasteiger partial charge in [-0.05, 0) is 109 Å². The summed E-state index contributed by atoms with van der Waals surface area (Å²) in [6.45, 7) is 7.04. The van der Waals surface area contributed by atoms with E-state index in [4.69, 9.17) is 0 Å². The fraction of sp³-hybridized carbons (Fsp3) is 0.405. The summed E-state index contributed by atoms with van der Waals surface area (Å²) in [4.78, 5) is 16.5. The van der Waals surface area contributed by atoms with Crippen LogP contribution >= 0.6 is 0 Å². The number of anilines is 1. The van der Waals surface area contributed by atoms with Crippen molar-refractivity contribution in [3.8, 4) is 11.1 Å². The highest BCUT2D eigenvalue weighted by Crippen LogP contribution is 2.28. The topological polar surface area (TPSA) is 44.4 Å². The number of piperidine rings is 1. The lowest BCUT2D eigenvalue weighted by Gasteiger charge is -2.39. The number of nitrogens with zero attached hydrogens (tertiary/aromatic N) is 1. The first kappa shape index (κ1) is 33.5. The van der Waals surface area contributed by atoms with Crippen LogP contribution in [0.25, 0.3) is 11.1 Å². The van der Waals surface area contributed by atoms with Crippen LogP contribution in [0, 0.1) is 5.92 Å². The molecule has 2 amide bonds. The highest BCUT2D eigenvalue weighted by atomic mass is 16.2. The number of urea groups is 1. The molecule has 0 bridgehead atoms. The van der Waals surface area contributed by atoms with Gasteiger partial charge in [0.1, 0.15) is 0 Å². The Morgan fingerprint density at radius 2 is 1.26 bits per heavy atom. The van der Waals surface area contributed by atoms with E-state index in [1.807, 2.05) is 6.07 Å². The lowest BCUT2D eigenvalue weighted by Crippen LogP contribution is -2.49. The average molecular weight is 616 g/mol. The molecule has 0 radical (unpaired) electrons. The molecule has 1 saturated heterocycles. The molecule has 0 saturated carbocycles. The van der Waals surface area contributed by atoms with Gasteiger partial charge in [0, 0.05) is 18.3 Å². The fourth-order valence-electron chi connectivity index (χ4n) is 6.72. The third kappa shape index (κ3) is 9.80. The minimum atomic E-state index is -0.0202. The van der Waals surface area contributed by atoms with Crippen LogP contribution in [-0.4, -0.2) is 30.1 Å². The minimum absolute atomic E-state index is 0.0202. The molecule has 0 aliphatic carbocycles. The van der Waals surface area contributed by atoms with Gasteiger partial charge in [-0.3, -0.25) is 0 Å². The highest BCUT2D eigenvalue weighted by Gasteiger charge is 2.32. The van der Waals surface area contributed by atoms with Crippen LogP contribution in [-0.2, 0) is 25.8 Å². The largest absolute Gasteiger partial charge is 0.322 e. The first-order valence-corrected chi connectivity index (χ1v) is 17.7. The predicted octanol–water partition coefficient (Wildman–Crippen LogP) is 10.1. The quantitative estimate of drug-likeness (QED) is 0.131. The van der Waals surface area contributed by atoms with Crippen molar-refractivity contribution in [3.05, 3.63) is 125 Å². The molecular formula is C42H53N3O. The molecule has 242 valence electrons. The maximum atomic E-state index is 14.3. The smallest absolute Gasteiger partial charge is 0.317 e. The molecule has 0 aromatic heterocycles. The van der Waals surface area contributed by atoms with E-state index < -0.39 is 0 Å². The Bertz CT molecular complexity index is 1440. The van der Waals surface area contributed by atoms with Gasteiger partial charge < -0.3 is 15.5 Å². The van der Waals surface area contributed by atoms with Crippen LogP contribution in [0.3, 0.4) is 0 Å². The lowest BCUT2D eigenvalue weighted by molar-refractivity contribution is 0.136. The molecule has 46 heavy (non-hydrogen) atoms. The maximum Gasteiger partial charge on any atom is 0.322 e. The lowest BCUT2D eigenvalue weighted by atomic mass is 9.85. The summed E-state index contributed by atoms with van der Waals surface area (Å²) in [5, 5.41) is 6.84. The second-order valence-corrected chi connectivity index (χ2v) is 13.1. The van der Waals surface area contributed by atoms with E-state index in [9.17, 15) is 4.79 Å². The van der Waals surface area contributed by atoms with Gasteiger partial charge in [0.15, 0.2) is 0 Å². The molecular weight excluding hydrogens is 562 g/mol. The number of aryl methyl sites for hydroxylation is 2. The molecule has 1 heterocycles. The summed E-state index contributed by atoms with van der Waals surface area (Å²) >= 11 is 0. The van der Waals surface area contributed by atoms with Gasteiger partial charge in [-0.25, -0.2) is 4.79 Å². The number of hydrogen-bond acceptors (Lipinski definition) is 2. The zero-order chi connectivity index (χ0) is 32.0. The van der Waals surface area contributed by atoms with Gasteiger partial charge in [-0.15, -0.1) is 0 Å². The Labute approximate surface area is 277 Å². The zero-order valence-corrected chi connectivity index (χ0v) is 28.0. The van der Waals surface area contributed by atoms with Crippen LogP contribution in [0.1, 0.15) is 81.0 Å². The van der Waals surface area contributed by atoms with Crippen LogP contribution in [0.2, 0.25) is 0 Å². The fourth-order valence-corrected chi connectivity index (χ4v) is 6.72. The zero-order valence-electron chi connectivity index (χ0n) is 28.0. The van der Waals surface area contributed by atoms with Gasteiger partial charge in [0.2, 0.25) is 0 Å². The van der Waals surface area contributed by atoms with Gasteiger partial charge in [0.25, 0.3) is 0 Å². The Morgan fingerprint density at radius 3 is 1.91 bits per heavy atom. The van der Waals surface area contributed by atoms with Crippen molar-refractivity contribution in [3.63, 3.8) is 0 Å². The molecule has 5 rings (SSSR count). The van der Waals surface area contributed by atoms with Crippen molar-refractivity contribution < 1.29 is 4.79 Å². The molecule has 1 unspecified atom stereocenters. The predicted molar refractivity (Wildman–Crippen MR) is 194 cm³/mol. The second kappa shape index (κ2) is 17.7. The molecule has 1 fully saturated rings. The molecule has 4 aromatic rings. The molecule has 1 aliphatic heterocycles. The Morgan fingerprint density at radius 1 is 0.696 bits per heavy atom. The standard InChI is InChI=1S/C42H53N3O/c1-3-5-8-12-34-15-17-35(18-16-34)31-41(39-27-29-43-30-28-39)45(42(46)44-40-25-21-33(22-26-40)11-6-4-2)32-36-19-23-38(24-20-36)37-13-9-7-10-14-37/h7,9-10,13-26,39,41,43H,3-6,8,11-12,27-32H2,1-2H3,(H,44,46). The van der Waals surface area contributed by atoms with Crippen molar-refractivity contribution in [1.82, 2.24) is 10.2 Å².